The van der Waals surface area contributed by atoms with E-state index in [0.29, 0.717) is 19.6 Å². The summed E-state index contributed by atoms with van der Waals surface area (Å²) >= 11 is 0. The predicted octanol–water partition coefficient (Wildman–Crippen LogP) is 0.309. The molecule has 1 fully saturated rings. The monoisotopic (exact) mass is 225 g/mol. The van der Waals surface area contributed by atoms with E-state index in [9.17, 15) is 8.78 Å². The van der Waals surface area contributed by atoms with Gasteiger partial charge in [0.2, 0.25) is 0 Å². The van der Waals surface area contributed by atoms with Crippen molar-refractivity contribution in [3.8, 4) is 0 Å². The van der Waals surface area contributed by atoms with Crippen LogP contribution in [-0.4, -0.2) is 62.2 Å². The number of halogens is 2. The molecular weight excluding hydrogens is 208 g/mol. The highest BCUT2D eigenvalue weighted by Gasteiger charge is 2.19. The van der Waals surface area contributed by atoms with Gasteiger partial charge >= 0.3 is 0 Å². The lowest BCUT2D eigenvalue weighted by molar-refractivity contribution is -0.146. The maximum Gasteiger partial charge on any atom is 0.251 e. The molecular formula is C9H17F2NO3. The van der Waals surface area contributed by atoms with Gasteiger partial charge in [0, 0.05) is 13.1 Å². The number of nitrogens with zero attached hydrogens (tertiary/aromatic N) is 1. The lowest BCUT2D eigenvalue weighted by Gasteiger charge is -2.29. The van der Waals surface area contributed by atoms with Crippen LogP contribution in [-0.2, 0) is 9.47 Å². The molecule has 4 nitrogen and oxygen atoms in total. The van der Waals surface area contributed by atoms with Crippen molar-refractivity contribution < 1.29 is 23.4 Å². The summed E-state index contributed by atoms with van der Waals surface area (Å²) in [6.07, 6.45) is -1.73. The molecule has 0 aliphatic carbocycles. The number of rotatable bonds is 6. The van der Waals surface area contributed by atoms with Crippen LogP contribution >= 0.6 is 0 Å². The zero-order chi connectivity index (χ0) is 11.1. The van der Waals surface area contributed by atoms with Crippen molar-refractivity contribution in [1.82, 2.24) is 4.90 Å². The van der Waals surface area contributed by atoms with Crippen LogP contribution in [0.25, 0.3) is 0 Å². The van der Waals surface area contributed by atoms with Crippen molar-refractivity contribution in [2.24, 2.45) is 0 Å². The third-order valence-electron chi connectivity index (χ3n) is 2.25. The summed E-state index contributed by atoms with van der Waals surface area (Å²) in [4.78, 5) is 1.51. The highest BCUT2D eigenvalue weighted by Crippen LogP contribution is 2.09. The molecule has 1 N–H and O–H groups in total. The summed E-state index contributed by atoms with van der Waals surface area (Å²) in [6, 6.07) is 0. The van der Waals surface area contributed by atoms with Gasteiger partial charge in [0.1, 0.15) is 6.79 Å². The minimum absolute atomic E-state index is 0.0657. The van der Waals surface area contributed by atoms with E-state index in [1.165, 1.54) is 4.90 Å². The molecule has 0 radical (unpaired) electrons. The molecule has 0 bridgehead atoms. The first-order valence-electron chi connectivity index (χ1n) is 5.03. The van der Waals surface area contributed by atoms with Gasteiger partial charge in [-0.05, 0) is 6.42 Å². The summed E-state index contributed by atoms with van der Waals surface area (Å²) in [5.41, 5.74) is 0. The Morgan fingerprint density at radius 3 is 2.80 bits per heavy atom. The second kappa shape index (κ2) is 7.05. The molecule has 0 aromatic carbocycles. The zero-order valence-corrected chi connectivity index (χ0v) is 8.57. The van der Waals surface area contributed by atoms with Crippen LogP contribution < -0.4 is 0 Å². The van der Waals surface area contributed by atoms with Crippen LogP contribution in [0.4, 0.5) is 8.78 Å². The molecule has 1 rings (SSSR count). The van der Waals surface area contributed by atoms with Gasteiger partial charge < -0.3 is 14.6 Å². The zero-order valence-electron chi connectivity index (χ0n) is 8.57. The maximum absolute atomic E-state index is 12.2. The SMILES string of the molecule is OCCN(CC(F)F)CC1CCOCO1. The van der Waals surface area contributed by atoms with Gasteiger partial charge in [0.05, 0.1) is 25.9 Å². The minimum atomic E-state index is -2.38. The first kappa shape index (κ1) is 12.8. The second-order valence-electron chi connectivity index (χ2n) is 3.48. The fourth-order valence-corrected chi connectivity index (χ4v) is 1.53. The van der Waals surface area contributed by atoms with Crippen molar-refractivity contribution in [3.05, 3.63) is 0 Å². The average molecular weight is 225 g/mol. The third-order valence-corrected chi connectivity index (χ3v) is 2.25. The number of alkyl halides is 2. The lowest BCUT2D eigenvalue weighted by atomic mass is 10.2. The van der Waals surface area contributed by atoms with Gasteiger partial charge in [-0.25, -0.2) is 8.78 Å². The molecule has 0 amide bonds. The van der Waals surface area contributed by atoms with Crippen molar-refractivity contribution in [2.45, 2.75) is 19.0 Å². The average Bonchev–Trinajstić information content (AvgIpc) is 2.18. The molecule has 0 aromatic rings. The summed E-state index contributed by atoms with van der Waals surface area (Å²) < 4.78 is 34.6. The van der Waals surface area contributed by atoms with Crippen LogP contribution in [0.15, 0.2) is 0 Å². The van der Waals surface area contributed by atoms with Gasteiger partial charge in [0.25, 0.3) is 6.43 Å². The summed E-state index contributed by atoms with van der Waals surface area (Å²) in [5.74, 6) is 0. The molecule has 0 saturated carbocycles. The quantitative estimate of drug-likeness (QED) is 0.706. The molecule has 90 valence electrons. The van der Waals surface area contributed by atoms with Crippen LogP contribution in [0.3, 0.4) is 0 Å². The maximum atomic E-state index is 12.2. The normalized spacial score (nSPS) is 22.6. The Hall–Kier alpha value is -0.300. The second-order valence-corrected chi connectivity index (χ2v) is 3.48. The Labute approximate surface area is 87.8 Å². The Morgan fingerprint density at radius 2 is 2.27 bits per heavy atom. The van der Waals surface area contributed by atoms with E-state index in [0.717, 1.165) is 0 Å². The van der Waals surface area contributed by atoms with E-state index in [4.69, 9.17) is 14.6 Å². The van der Waals surface area contributed by atoms with E-state index in [1.54, 1.807) is 0 Å². The van der Waals surface area contributed by atoms with Crippen molar-refractivity contribution >= 4 is 0 Å². The van der Waals surface area contributed by atoms with E-state index in [-0.39, 0.29) is 32.6 Å². The smallest absolute Gasteiger partial charge is 0.251 e. The standard InChI is InChI=1S/C9H17F2NO3/c10-9(11)6-12(2-3-13)5-8-1-4-14-7-15-8/h8-9,13H,1-7H2. The largest absolute Gasteiger partial charge is 0.395 e. The van der Waals surface area contributed by atoms with Crippen LogP contribution in [0, 0.1) is 0 Å². The Morgan fingerprint density at radius 1 is 1.47 bits per heavy atom. The predicted molar refractivity (Wildman–Crippen MR) is 49.8 cm³/mol. The summed E-state index contributed by atoms with van der Waals surface area (Å²) in [7, 11) is 0. The van der Waals surface area contributed by atoms with Gasteiger partial charge in [-0.2, -0.15) is 0 Å². The molecule has 0 spiro atoms. The number of hydrogen-bond donors (Lipinski definition) is 1. The molecule has 1 aliphatic heterocycles. The first-order valence-corrected chi connectivity index (χ1v) is 5.03. The van der Waals surface area contributed by atoms with Gasteiger partial charge in [-0.15, -0.1) is 0 Å². The van der Waals surface area contributed by atoms with Gasteiger partial charge in [-0.3, -0.25) is 4.90 Å². The number of hydrogen-bond acceptors (Lipinski definition) is 4. The number of aliphatic hydroxyl groups is 1. The Kier molecular flexibility index (Phi) is 6.00. The summed E-state index contributed by atoms with van der Waals surface area (Å²) in [5, 5.41) is 8.73. The fourth-order valence-electron chi connectivity index (χ4n) is 1.53. The molecule has 1 aliphatic rings. The highest BCUT2D eigenvalue weighted by molar-refractivity contribution is 4.68. The van der Waals surface area contributed by atoms with Gasteiger partial charge in [0.15, 0.2) is 0 Å². The van der Waals surface area contributed by atoms with Crippen LogP contribution in [0.1, 0.15) is 6.42 Å². The molecule has 15 heavy (non-hydrogen) atoms. The van der Waals surface area contributed by atoms with Crippen molar-refractivity contribution in [3.63, 3.8) is 0 Å². The topological polar surface area (TPSA) is 41.9 Å². The molecule has 1 heterocycles. The third kappa shape index (κ3) is 5.36. The van der Waals surface area contributed by atoms with E-state index in [1.807, 2.05) is 0 Å². The highest BCUT2D eigenvalue weighted by atomic mass is 19.3. The van der Waals surface area contributed by atoms with E-state index < -0.39 is 6.43 Å². The fraction of sp³-hybridized carbons (Fsp3) is 1.00. The molecule has 1 saturated heterocycles. The van der Waals surface area contributed by atoms with Gasteiger partial charge in [-0.1, -0.05) is 0 Å². The molecule has 6 heteroatoms. The molecule has 1 atom stereocenters. The van der Waals surface area contributed by atoms with Crippen LogP contribution in [0.2, 0.25) is 0 Å². The molecule has 0 aromatic heterocycles. The minimum Gasteiger partial charge on any atom is -0.395 e. The van der Waals surface area contributed by atoms with E-state index >= 15 is 0 Å². The van der Waals surface area contributed by atoms with Crippen molar-refractivity contribution in [1.29, 1.82) is 0 Å². The summed E-state index contributed by atoms with van der Waals surface area (Å²) in [6.45, 7) is 1.08. The number of ether oxygens (including phenoxy) is 2. The number of aliphatic hydroxyl groups excluding tert-OH is 1. The lowest BCUT2D eigenvalue weighted by Crippen LogP contribution is -2.40. The Bertz CT molecular complexity index is 165. The van der Waals surface area contributed by atoms with E-state index in [2.05, 4.69) is 0 Å². The first-order chi connectivity index (χ1) is 7.22. The molecule has 1 unspecified atom stereocenters. The van der Waals surface area contributed by atoms with Crippen molar-refractivity contribution in [2.75, 3.05) is 39.6 Å². The van der Waals surface area contributed by atoms with Crippen LogP contribution in [0.5, 0.6) is 0 Å². The Balaban J connectivity index is 2.28.